The van der Waals surface area contributed by atoms with Gasteiger partial charge in [0.15, 0.2) is 5.96 Å². The van der Waals surface area contributed by atoms with Crippen molar-refractivity contribution in [2.45, 2.75) is 12.5 Å². The minimum Gasteiger partial charge on any atom is -0.396 e. The molecular weight excluding hydrogens is 373 g/mol. The predicted molar refractivity (Wildman–Crippen MR) is 98.6 cm³/mol. The van der Waals surface area contributed by atoms with Gasteiger partial charge in [-0.15, -0.1) is 0 Å². The van der Waals surface area contributed by atoms with Crippen LogP contribution in [0.15, 0.2) is 58.0 Å². The number of aliphatic imine (C=N–C) groups is 1. The van der Waals surface area contributed by atoms with Gasteiger partial charge in [-0.2, -0.15) is 0 Å². The molecule has 4 nitrogen and oxygen atoms in total. The van der Waals surface area contributed by atoms with Gasteiger partial charge in [0.25, 0.3) is 0 Å². The Labute approximate surface area is 150 Å². The molecule has 3 N–H and O–H groups in total. The molecule has 0 spiro atoms. The lowest BCUT2D eigenvalue weighted by Crippen LogP contribution is -2.39. The molecule has 0 fully saturated rings. The lowest BCUT2D eigenvalue weighted by Gasteiger charge is -2.18. The highest BCUT2D eigenvalue weighted by molar-refractivity contribution is 9.10. The number of aliphatic hydroxyl groups excluding tert-OH is 1. The second kappa shape index (κ2) is 9.39. The molecule has 0 radical (unpaired) electrons. The summed E-state index contributed by atoms with van der Waals surface area (Å²) in [7, 11) is 1.66. The van der Waals surface area contributed by atoms with Crippen LogP contribution in [-0.2, 0) is 6.54 Å². The van der Waals surface area contributed by atoms with Gasteiger partial charge in [0.2, 0.25) is 0 Å². The Hall–Kier alpha value is -1.92. The Morgan fingerprint density at radius 2 is 1.96 bits per heavy atom. The van der Waals surface area contributed by atoms with Crippen LogP contribution in [0.3, 0.4) is 0 Å². The Balaban J connectivity index is 1.91. The third-order valence-electron chi connectivity index (χ3n) is 3.68. The van der Waals surface area contributed by atoms with E-state index in [2.05, 4.69) is 31.6 Å². The maximum atomic E-state index is 13.8. The zero-order valence-electron chi connectivity index (χ0n) is 13.5. The van der Waals surface area contributed by atoms with E-state index in [4.69, 9.17) is 0 Å². The molecule has 2 aromatic carbocycles. The topological polar surface area (TPSA) is 56.7 Å². The van der Waals surface area contributed by atoms with Gasteiger partial charge in [0, 0.05) is 36.1 Å². The van der Waals surface area contributed by atoms with Crippen LogP contribution in [0.4, 0.5) is 4.39 Å². The van der Waals surface area contributed by atoms with Crippen molar-refractivity contribution < 1.29 is 9.50 Å². The average molecular weight is 394 g/mol. The van der Waals surface area contributed by atoms with Crippen molar-refractivity contribution in [3.05, 3.63) is 69.9 Å². The largest absolute Gasteiger partial charge is 0.396 e. The number of guanidine groups is 1. The Morgan fingerprint density at radius 3 is 2.62 bits per heavy atom. The van der Waals surface area contributed by atoms with E-state index in [1.807, 2.05) is 30.3 Å². The van der Waals surface area contributed by atoms with Crippen molar-refractivity contribution in [2.75, 3.05) is 20.2 Å². The van der Waals surface area contributed by atoms with E-state index in [9.17, 15) is 9.50 Å². The molecule has 6 heteroatoms. The number of aliphatic hydroxyl groups is 1. The third-order valence-corrected chi connectivity index (χ3v) is 4.18. The highest BCUT2D eigenvalue weighted by Gasteiger charge is 2.11. The zero-order chi connectivity index (χ0) is 17.4. The number of nitrogens with one attached hydrogen (secondary N) is 2. The average Bonchev–Trinajstić information content (AvgIpc) is 2.61. The van der Waals surface area contributed by atoms with Gasteiger partial charge in [-0.3, -0.25) is 4.99 Å². The summed E-state index contributed by atoms with van der Waals surface area (Å²) in [4.78, 5) is 4.13. The van der Waals surface area contributed by atoms with E-state index in [0.29, 0.717) is 24.6 Å². The van der Waals surface area contributed by atoms with Crippen LogP contribution >= 0.6 is 15.9 Å². The summed E-state index contributed by atoms with van der Waals surface area (Å²) in [5.74, 6) is 0.259. The molecule has 1 unspecified atom stereocenters. The van der Waals surface area contributed by atoms with Gasteiger partial charge in [-0.1, -0.05) is 46.3 Å². The van der Waals surface area contributed by atoms with Crippen LogP contribution in [-0.4, -0.2) is 31.3 Å². The van der Waals surface area contributed by atoms with Crippen molar-refractivity contribution in [1.82, 2.24) is 10.6 Å². The lowest BCUT2D eigenvalue weighted by molar-refractivity contribution is 0.265. The molecule has 24 heavy (non-hydrogen) atoms. The van der Waals surface area contributed by atoms with E-state index < -0.39 is 0 Å². The highest BCUT2D eigenvalue weighted by atomic mass is 79.9. The van der Waals surface area contributed by atoms with E-state index in [0.717, 1.165) is 10.0 Å². The number of rotatable bonds is 6. The van der Waals surface area contributed by atoms with Gasteiger partial charge in [-0.05, 0) is 23.8 Å². The molecule has 1 atom stereocenters. The molecule has 0 aliphatic rings. The first-order chi connectivity index (χ1) is 11.6. The van der Waals surface area contributed by atoms with Gasteiger partial charge in [0.1, 0.15) is 5.82 Å². The minimum atomic E-state index is -0.265. The summed E-state index contributed by atoms with van der Waals surface area (Å²) in [5, 5.41) is 15.8. The van der Waals surface area contributed by atoms with Crippen LogP contribution in [0.25, 0.3) is 0 Å². The normalized spacial score (nSPS) is 12.8. The number of benzene rings is 2. The van der Waals surface area contributed by atoms with Crippen LogP contribution in [0.1, 0.15) is 17.0 Å². The van der Waals surface area contributed by atoms with E-state index in [1.165, 1.54) is 6.07 Å². The summed E-state index contributed by atoms with van der Waals surface area (Å²) in [6, 6.07) is 14.6. The van der Waals surface area contributed by atoms with Crippen LogP contribution in [0.2, 0.25) is 0 Å². The molecule has 0 amide bonds. The Morgan fingerprint density at radius 1 is 1.21 bits per heavy atom. The predicted octanol–water partition coefficient (Wildman–Crippen LogP) is 3.03. The maximum absolute atomic E-state index is 13.8. The number of nitrogens with zero attached hydrogens (tertiary/aromatic N) is 1. The molecule has 128 valence electrons. The molecule has 0 aliphatic carbocycles. The van der Waals surface area contributed by atoms with Crippen LogP contribution in [0.5, 0.6) is 0 Å². The van der Waals surface area contributed by atoms with Crippen molar-refractivity contribution in [2.24, 2.45) is 4.99 Å². The van der Waals surface area contributed by atoms with Gasteiger partial charge in [-0.25, -0.2) is 4.39 Å². The number of halogens is 2. The standard InChI is InChI=1S/C18H21BrFN3O/c1-21-18(22-10-14-9-16(19)7-8-17(14)20)23-11-15(12-24)13-5-3-2-4-6-13/h2-9,15,24H,10-12H2,1H3,(H2,21,22,23). The highest BCUT2D eigenvalue weighted by Crippen LogP contribution is 2.15. The minimum absolute atomic E-state index is 0.0349. The molecule has 0 heterocycles. The first kappa shape index (κ1) is 18.4. The van der Waals surface area contributed by atoms with Gasteiger partial charge in [0.05, 0.1) is 6.61 Å². The van der Waals surface area contributed by atoms with Crippen molar-refractivity contribution in [3.8, 4) is 0 Å². The summed E-state index contributed by atoms with van der Waals surface area (Å²) in [6.07, 6.45) is 0. The number of hydrogen-bond acceptors (Lipinski definition) is 2. The van der Waals surface area contributed by atoms with Crippen molar-refractivity contribution >= 4 is 21.9 Å². The quantitative estimate of drug-likeness (QED) is 0.522. The monoisotopic (exact) mass is 393 g/mol. The number of hydrogen-bond donors (Lipinski definition) is 3. The van der Waals surface area contributed by atoms with Crippen LogP contribution in [0, 0.1) is 5.82 Å². The fourth-order valence-corrected chi connectivity index (χ4v) is 2.72. The summed E-state index contributed by atoms with van der Waals surface area (Å²) in [5.41, 5.74) is 1.61. The molecular formula is C18H21BrFN3O. The van der Waals surface area contributed by atoms with E-state index in [-0.39, 0.29) is 18.3 Å². The SMILES string of the molecule is CN=C(NCc1cc(Br)ccc1F)NCC(CO)c1ccccc1. The van der Waals surface area contributed by atoms with Crippen molar-refractivity contribution in [1.29, 1.82) is 0 Å². The van der Waals surface area contributed by atoms with Crippen LogP contribution < -0.4 is 10.6 Å². The second-order valence-corrected chi connectivity index (χ2v) is 6.25. The Bertz CT molecular complexity index is 679. The van der Waals surface area contributed by atoms with Crippen molar-refractivity contribution in [3.63, 3.8) is 0 Å². The molecule has 0 saturated carbocycles. The first-order valence-corrected chi connectivity index (χ1v) is 8.47. The van der Waals surface area contributed by atoms with E-state index in [1.54, 1.807) is 19.2 Å². The van der Waals surface area contributed by atoms with Gasteiger partial charge >= 0.3 is 0 Å². The first-order valence-electron chi connectivity index (χ1n) is 7.68. The molecule has 2 aromatic rings. The summed E-state index contributed by atoms with van der Waals surface area (Å²) < 4.78 is 14.6. The second-order valence-electron chi connectivity index (χ2n) is 5.33. The molecule has 0 bridgehead atoms. The van der Waals surface area contributed by atoms with Gasteiger partial charge < -0.3 is 15.7 Å². The molecule has 0 aromatic heterocycles. The third kappa shape index (κ3) is 5.32. The summed E-state index contributed by atoms with van der Waals surface area (Å²) in [6.45, 7) is 0.884. The van der Waals surface area contributed by atoms with E-state index >= 15 is 0 Å². The smallest absolute Gasteiger partial charge is 0.191 e. The summed E-state index contributed by atoms with van der Waals surface area (Å²) >= 11 is 3.34. The zero-order valence-corrected chi connectivity index (χ0v) is 15.1. The Kier molecular flexibility index (Phi) is 7.21. The molecule has 0 saturated heterocycles. The maximum Gasteiger partial charge on any atom is 0.191 e. The fourth-order valence-electron chi connectivity index (χ4n) is 2.31. The fraction of sp³-hybridized carbons (Fsp3) is 0.278. The lowest BCUT2D eigenvalue weighted by atomic mass is 10.0. The molecule has 0 aliphatic heterocycles. The molecule has 2 rings (SSSR count).